The molecule has 0 fully saturated rings. The number of nitrogen functional groups attached to an aromatic ring is 1. The molecular formula is C12H9BrF3N3. The van der Waals surface area contributed by atoms with Gasteiger partial charge in [-0.05, 0) is 30.3 Å². The number of rotatable bonds is 2. The zero-order valence-corrected chi connectivity index (χ0v) is 11.1. The number of nitrogens with zero attached hydrogens (tertiary/aromatic N) is 1. The Kier molecular flexibility index (Phi) is 3.66. The molecule has 0 atom stereocenters. The van der Waals surface area contributed by atoms with Gasteiger partial charge in [0.1, 0.15) is 5.82 Å². The molecule has 1 aromatic heterocycles. The molecule has 0 saturated heterocycles. The van der Waals surface area contributed by atoms with E-state index in [0.29, 0.717) is 17.2 Å². The van der Waals surface area contributed by atoms with Crippen molar-refractivity contribution in [2.24, 2.45) is 0 Å². The average molecular weight is 332 g/mol. The maximum absolute atomic E-state index is 12.7. The normalized spacial score (nSPS) is 11.4. The van der Waals surface area contributed by atoms with Crippen molar-refractivity contribution in [1.82, 2.24) is 4.98 Å². The fourth-order valence-electron chi connectivity index (χ4n) is 1.47. The summed E-state index contributed by atoms with van der Waals surface area (Å²) >= 11 is 2.88. The second-order valence-corrected chi connectivity index (χ2v) is 4.64. The van der Waals surface area contributed by atoms with Gasteiger partial charge in [0, 0.05) is 10.2 Å². The number of halogens is 4. The fraction of sp³-hybridized carbons (Fsp3) is 0.0833. The van der Waals surface area contributed by atoms with Gasteiger partial charge in [-0.25, -0.2) is 4.98 Å². The highest BCUT2D eigenvalue weighted by molar-refractivity contribution is 9.10. The lowest BCUT2D eigenvalue weighted by Crippen LogP contribution is -2.06. The number of anilines is 3. The molecule has 0 aliphatic rings. The third kappa shape index (κ3) is 3.37. The van der Waals surface area contributed by atoms with Crippen molar-refractivity contribution < 1.29 is 13.2 Å². The minimum atomic E-state index is -4.41. The van der Waals surface area contributed by atoms with Crippen LogP contribution in [0, 0.1) is 0 Å². The molecule has 2 aromatic rings. The SMILES string of the molecule is Nc1ccc(Nc2ccc(Br)c(C(F)(F)F)c2)cn1. The number of alkyl halides is 3. The van der Waals surface area contributed by atoms with Gasteiger partial charge < -0.3 is 11.1 Å². The lowest BCUT2D eigenvalue weighted by Gasteiger charge is -2.12. The van der Waals surface area contributed by atoms with Crippen LogP contribution in [0.25, 0.3) is 0 Å². The molecule has 0 saturated carbocycles. The Morgan fingerprint density at radius 3 is 2.37 bits per heavy atom. The fourth-order valence-corrected chi connectivity index (χ4v) is 1.94. The number of benzene rings is 1. The second kappa shape index (κ2) is 5.08. The minimum Gasteiger partial charge on any atom is -0.384 e. The smallest absolute Gasteiger partial charge is 0.384 e. The van der Waals surface area contributed by atoms with Crippen LogP contribution in [0.15, 0.2) is 41.0 Å². The van der Waals surface area contributed by atoms with Crippen LogP contribution >= 0.6 is 15.9 Å². The molecule has 7 heteroatoms. The van der Waals surface area contributed by atoms with Crippen LogP contribution in [0.2, 0.25) is 0 Å². The maximum atomic E-state index is 12.7. The molecule has 0 unspecified atom stereocenters. The predicted molar refractivity (Wildman–Crippen MR) is 71.1 cm³/mol. The summed E-state index contributed by atoms with van der Waals surface area (Å²) < 4.78 is 38.2. The summed E-state index contributed by atoms with van der Waals surface area (Å²) in [4.78, 5) is 3.85. The number of aromatic nitrogens is 1. The van der Waals surface area contributed by atoms with E-state index in [-0.39, 0.29) is 4.47 Å². The van der Waals surface area contributed by atoms with E-state index in [1.807, 2.05) is 0 Å². The molecule has 0 amide bonds. The van der Waals surface area contributed by atoms with Gasteiger partial charge in [-0.3, -0.25) is 0 Å². The van der Waals surface area contributed by atoms with Gasteiger partial charge in [0.05, 0.1) is 17.4 Å². The Hall–Kier alpha value is -1.76. The van der Waals surface area contributed by atoms with Crippen LogP contribution in [0.5, 0.6) is 0 Å². The van der Waals surface area contributed by atoms with Gasteiger partial charge in [-0.15, -0.1) is 0 Å². The van der Waals surface area contributed by atoms with Crippen LogP contribution < -0.4 is 11.1 Å². The molecule has 0 aliphatic heterocycles. The average Bonchev–Trinajstić information content (AvgIpc) is 2.33. The summed E-state index contributed by atoms with van der Waals surface area (Å²) in [5, 5.41) is 2.83. The molecule has 2 rings (SSSR count). The van der Waals surface area contributed by atoms with E-state index in [2.05, 4.69) is 26.2 Å². The van der Waals surface area contributed by atoms with Gasteiger partial charge in [-0.2, -0.15) is 13.2 Å². The lowest BCUT2D eigenvalue weighted by atomic mass is 10.2. The van der Waals surface area contributed by atoms with E-state index in [4.69, 9.17) is 5.73 Å². The van der Waals surface area contributed by atoms with Gasteiger partial charge >= 0.3 is 6.18 Å². The molecule has 0 radical (unpaired) electrons. The van der Waals surface area contributed by atoms with E-state index in [0.717, 1.165) is 6.07 Å². The summed E-state index contributed by atoms with van der Waals surface area (Å²) in [5.41, 5.74) is 5.57. The van der Waals surface area contributed by atoms with Crippen molar-refractivity contribution in [3.8, 4) is 0 Å². The highest BCUT2D eigenvalue weighted by atomic mass is 79.9. The van der Waals surface area contributed by atoms with Gasteiger partial charge in [0.15, 0.2) is 0 Å². The first kappa shape index (κ1) is 13.7. The lowest BCUT2D eigenvalue weighted by molar-refractivity contribution is -0.138. The second-order valence-electron chi connectivity index (χ2n) is 3.79. The van der Waals surface area contributed by atoms with Gasteiger partial charge in [0.2, 0.25) is 0 Å². The largest absolute Gasteiger partial charge is 0.417 e. The van der Waals surface area contributed by atoms with Crippen LogP contribution in [-0.4, -0.2) is 4.98 Å². The van der Waals surface area contributed by atoms with E-state index in [9.17, 15) is 13.2 Å². The Labute approximate surface area is 115 Å². The molecule has 1 heterocycles. The third-order valence-corrected chi connectivity index (χ3v) is 3.04. The molecule has 3 nitrogen and oxygen atoms in total. The summed E-state index contributed by atoms with van der Waals surface area (Å²) in [5.74, 6) is 0.345. The third-order valence-electron chi connectivity index (χ3n) is 2.35. The van der Waals surface area contributed by atoms with Crippen LogP contribution in [-0.2, 0) is 6.18 Å². The zero-order chi connectivity index (χ0) is 14.0. The van der Waals surface area contributed by atoms with Crippen LogP contribution in [0.3, 0.4) is 0 Å². The van der Waals surface area contributed by atoms with Crippen molar-refractivity contribution in [2.45, 2.75) is 6.18 Å². The minimum absolute atomic E-state index is 0.000908. The summed E-state index contributed by atoms with van der Waals surface area (Å²) in [6.45, 7) is 0. The number of hydrogen-bond donors (Lipinski definition) is 2. The van der Waals surface area contributed by atoms with Crippen molar-refractivity contribution in [1.29, 1.82) is 0 Å². The van der Waals surface area contributed by atoms with E-state index >= 15 is 0 Å². The van der Waals surface area contributed by atoms with Crippen molar-refractivity contribution in [3.05, 3.63) is 46.6 Å². The van der Waals surface area contributed by atoms with E-state index < -0.39 is 11.7 Å². The van der Waals surface area contributed by atoms with Crippen LogP contribution in [0.4, 0.5) is 30.4 Å². The highest BCUT2D eigenvalue weighted by Gasteiger charge is 2.33. The summed E-state index contributed by atoms with van der Waals surface area (Å²) in [6.07, 6.45) is -2.96. The molecule has 0 aliphatic carbocycles. The Balaban J connectivity index is 2.29. The molecular weight excluding hydrogens is 323 g/mol. The maximum Gasteiger partial charge on any atom is 0.417 e. The molecule has 100 valence electrons. The predicted octanol–water partition coefficient (Wildman–Crippen LogP) is 4.19. The monoisotopic (exact) mass is 331 g/mol. The number of nitrogens with one attached hydrogen (secondary N) is 1. The summed E-state index contributed by atoms with van der Waals surface area (Å²) in [6, 6.07) is 7.11. The van der Waals surface area contributed by atoms with Gasteiger partial charge in [-0.1, -0.05) is 15.9 Å². The Morgan fingerprint density at radius 2 is 1.79 bits per heavy atom. The van der Waals surface area contributed by atoms with Crippen molar-refractivity contribution in [3.63, 3.8) is 0 Å². The first-order valence-electron chi connectivity index (χ1n) is 5.21. The molecule has 0 bridgehead atoms. The Bertz CT molecular complexity index is 582. The molecule has 0 spiro atoms. The topological polar surface area (TPSA) is 50.9 Å². The van der Waals surface area contributed by atoms with E-state index in [1.165, 1.54) is 18.3 Å². The van der Waals surface area contributed by atoms with E-state index in [1.54, 1.807) is 12.1 Å². The first-order valence-corrected chi connectivity index (χ1v) is 6.01. The number of pyridine rings is 1. The van der Waals surface area contributed by atoms with Gasteiger partial charge in [0.25, 0.3) is 0 Å². The summed E-state index contributed by atoms with van der Waals surface area (Å²) in [7, 11) is 0. The quantitative estimate of drug-likeness (QED) is 0.867. The first-order chi connectivity index (χ1) is 8.86. The number of nitrogens with two attached hydrogens (primary N) is 1. The van der Waals surface area contributed by atoms with Crippen molar-refractivity contribution in [2.75, 3.05) is 11.1 Å². The Morgan fingerprint density at radius 1 is 1.11 bits per heavy atom. The van der Waals surface area contributed by atoms with Crippen molar-refractivity contribution >= 4 is 33.1 Å². The highest BCUT2D eigenvalue weighted by Crippen LogP contribution is 2.36. The molecule has 1 aromatic carbocycles. The molecule has 3 N–H and O–H groups in total. The molecule has 19 heavy (non-hydrogen) atoms. The van der Waals surface area contributed by atoms with Crippen LogP contribution in [0.1, 0.15) is 5.56 Å². The number of hydrogen-bond acceptors (Lipinski definition) is 3. The zero-order valence-electron chi connectivity index (χ0n) is 9.50. The standard InChI is InChI=1S/C12H9BrF3N3/c13-10-3-1-7(5-9(10)12(14,15)16)19-8-2-4-11(17)18-6-8/h1-6,19H,(H2,17,18).